The van der Waals surface area contributed by atoms with Gasteiger partial charge in [-0.15, -0.1) is 0 Å². The molecule has 4 nitrogen and oxygen atoms in total. The molecule has 0 spiro atoms. The van der Waals surface area contributed by atoms with Crippen molar-refractivity contribution in [2.45, 2.75) is 19.8 Å². The summed E-state index contributed by atoms with van der Waals surface area (Å²) in [6, 6.07) is 2.45. The predicted octanol–water partition coefficient (Wildman–Crippen LogP) is 3.14. The number of hydrogen-bond acceptors (Lipinski definition) is 3. The molecule has 0 bridgehead atoms. The average Bonchev–Trinajstić information content (AvgIpc) is 2.32. The van der Waals surface area contributed by atoms with Crippen LogP contribution in [0.15, 0.2) is 6.07 Å². The Hall–Kier alpha value is -2.16. The Morgan fingerprint density at radius 2 is 2.11 bits per heavy atom. The van der Waals surface area contributed by atoms with E-state index >= 15 is 0 Å². The van der Waals surface area contributed by atoms with Crippen molar-refractivity contribution < 1.29 is 18.3 Å². The number of nitrogens with zero attached hydrogens (tertiary/aromatic N) is 1. The van der Waals surface area contributed by atoms with Gasteiger partial charge in [0.25, 0.3) is 0 Å². The Morgan fingerprint density at radius 1 is 1.50 bits per heavy atom. The normalized spacial score (nSPS) is 10.1. The summed E-state index contributed by atoms with van der Waals surface area (Å²) < 4.78 is 31.4. The Kier molecular flexibility index (Phi) is 4.21. The third-order valence-corrected chi connectivity index (χ3v) is 2.37. The summed E-state index contributed by atoms with van der Waals surface area (Å²) in [5.41, 5.74) is -0.266. The zero-order valence-corrected chi connectivity index (χ0v) is 10.2. The van der Waals surface area contributed by atoms with E-state index in [1.165, 1.54) is 0 Å². The first-order valence-corrected chi connectivity index (χ1v) is 5.19. The summed E-state index contributed by atoms with van der Waals surface area (Å²) in [5, 5.41) is 11.1. The summed E-state index contributed by atoms with van der Waals surface area (Å²) >= 11 is 0. The average molecular weight is 254 g/mol. The number of nitriles is 1. The van der Waals surface area contributed by atoms with Gasteiger partial charge >= 0.3 is 6.09 Å². The van der Waals surface area contributed by atoms with E-state index in [2.05, 4.69) is 10.1 Å². The number of amides is 1. The molecule has 1 aromatic rings. The number of nitrogens with one attached hydrogen (secondary N) is 1. The number of methoxy groups -OCH3 is 1. The van der Waals surface area contributed by atoms with Crippen LogP contribution in [-0.2, 0) is 4.74 Å². The van der Waals surface area contributed by atoms with Gasteiger partial charge in [-0.05, 0) is 12.0 Å². The van der Waals surface area contributed by atoms with Crippen LogP contribution < -0.4 is 5.32 Å². The third kappa shape index (κ3) is 2.56. The third-order valence-electron chi connectivity index (χ3n) is 2.37. The Morgan fingerprint density at radius 3 is 2.56 bits per heavy atom. The number of carbonyl (C=O) groups excluding carboxylic acids is 1. The molecule has 0 fully saturated rings. The second-order valence-corrected chi connectivity index (χ2v) is 3.89. The van der Waals surface area contributed by atoms with E-state index in [0.717, 1.165) is 13.2 Å². The second-order valence-electron chi connectivity index (χ2n) is 3.89. The van der Waals surface area contributed by atoms with Crippen LogP contribution in [0.4, 0.5) is 19.3 Å². The van der Waals surface area contributed by atoms with Crippen LogP contribution in [0.25, 0.3) is 0 Å². The minimum absolute atomic E-state index is 0.0572. The predicted molar refractivity (Wildman–Crippen MR) is 61.2 cm³/mol. The first-order valence-electron chi connectivity index (χ1n) is 5.19. The van der Waals surface area contributed by atoms with Gasteiger partial charge in [0.2, 0.25) is 0 Å². The highest BCUT2D eigenvalue weighted by Gasteiger charge is 2.22. The van der Waals surface area contributed by atoms with E-state index in [9.17, 15) is 13.6 Å². The first-order chi connectivity index (χ1) is 8.42. The zero-order valence-electron chi connectivity index (χ0n) is 10.2. The lowest BCUT2D eigenvalue weighted by atomic mass is 9.97. The molecule has 0 saturated heterocycles. The molecule has 0 unspecified atom stereocenters. The lowest BCUT2D eigenvalue weighted by molar-refractivity contribution is 0.187. The molecule has 1 aromatic carbocycles. The molecule has 0 aliphatic carbocycles. The van der Waals surface area contributed by atoms with Gasteiger partial charge in [-0.1, -0.05) is 13.8 Å². The maximum absolute atomic E-state index is 13.7. The van der Waals surface area contributed by atoms with E-state index in [1.54, 1.807) is 19.9 Å². The van der Waals surface area contributed by atoms with Gasteiger partial charge in [-0.25, -0.2) is 13.6 Å². The molecule has 18 heavy (non-hydrogen) atoms. The molecule has 0 aliphatic rings. The molecule has 1 N–H and O–H groups in total. The van der Waals surface area contributed by atoms with Gasteiger partial charge < -0.3 is 4.74 Å². The molecule has 0 atom stereocenters. The van der Waals surface area contributed by atoms with E-state index in [-0.39, 0.29) is 16.8 Å². The highest BCUT2D eigenvalue weighted by molar-refractivity contribution is 5.88. The number of anilines is 1. The van der Waals surface area contributed by atoms with Crippen molar-refractivity contribution in [1.82, 2.24) is 0 Å². The molecule has 0 aromatic heterocycles. The van der Waals surface area contributed by atoms with Crippen LogP contribution in [0.1, 0.15) is 30.9 Å². The van der Waals surface area contributed by atoms with Crippen molar-refractivity contribution in [3.05, 3.63) is 28.8 Å². The van der Waals surface area contributed by atoms with Gasteiger partial charge in [-0.3, -0.25) is 5.32 Å². The lowest BCUT2D eigenvalue weighted by Crippen LogP contribution is -2.16. The molecule has 1 amide bonds. The smallest absolute Gasteiger partial charge is 0.411 e. The van der Waals surface area contributed by atoms with Crippen molar-refractivity contribution in [2.24, 2.45) is 0 Å². The molecular weight excluding hydrogens is 242 g/mol. The number of halogens is 2. The van der Waals surface area contributed by atoms with Crippen molar-refractivity contribution in [1.29, 1.82) is 5.26 Å². The van der Waals surface area contributed by atoms with Crippen molar-refractivity contribution in [2.75, 3.05) is 12.4 Å². The van der Waals surface area contributed by atoms with Crippen LogP contribution >= 0.6 is 0 Å². The van der Waals surface area contributed by atoms with Gasteiger partial charge in [0.15, 0.2) is 11.6 Å². The summed E-state index contributed by atoms with van der Waals surface area (Å²) in [6.45, 7) is 3.25. The molecule has 96 valence electrons. The molecule has 0 heterocycles. The van der Waals surface area contributed by atoms with Crippen molar-refractivity contribution in [3.8, 4) is 6.07 Å². The SMILES string of the molecule is COC(=O)Nc1c(C#N)cc(F)c(F)c1C(C)C. The van der Waals surface area contributed by atoms with Crippen LogP contribution in [0, 0.1) is 23.0 Å². The maximum atomic E-state index is 13.7. The first kappa shape index (κ1) is 13.9. The largest absolute Gasteiger partial charge is 0.453 e. The number of carbonyl (C=O) groups is 1. The monoisotopic (exact) mass is 254 g/mol. The Bertz CT molecular complexity index is 522. The summed E-state index contributed by atoms with van der Waals surface area (Å²) in [7, 11) is 1.14. The fourth-order valence-electron chi connectivity index (χ4n) is 1.56. The Labute approximate surface area is 103 Å². The quantitative estimate of drug-likeness (QED) is 0.881. The van der Waals surface area contributed by atoms with E-state index in [4.69, 9.17) is 5.26 Å². The van der Waals surface area contributed by atoms with E-state index in [0.29, 0.717) is 0 Å². The van der Waals surface area contributed by atoms with E-state index in [1.807, 2.05) is 0 Å². The number of benzene rings is 1. The van der Waals surface area contributed by atoms with Crippen molar-refractivity contribution in [3.63, 3.8) is 0 Å². The molecular formula is C12H12F2N2O2. The van der Waals surface area contributed by atoms with Gasteiger partial charge in [0.1, 0.15) is 6.07 Å². The van der Waals surface area contributed by atoms with Gasteiger partial charge in [0.05, 0.1) is 18.4 Å². The second kappa shape index (κ2) is 5.45. The topological polar surface area (TPSA) is 62.1 Å². The fraction of sp³-hybridized carbons (Fsp3) is 0.333. The molecule has 6 heteroatoms. The number of rotatable bonds is 2. The summed E-state index contributed by atoms with van der Waals surface area (Å²) in [5.74, 6) is -2.60. The molecule has 0 aliphatic heterocycles. The highest BCUT2D eigenvalue weighted by atomic mass is 19.2. The highest BCUT2D eigenvalue weighted by Crippen LogP contribution is 2.32. The van der Waals surface area contributed by atoms with Gasteiger partial charge in [0, 0.05) is 5.56 Å². The standard InChI is InChI=1S/C12H12F2N2O2/c1-6(2)9-10(14)8(13)4-7(5-15)11(9)16-12(17)18-3/h4,6H,1-3H3,(H,16,17). The Balaban J connectivity index is 3.49. The van der Waals surface area contributed by atoms with Crippen LogP contribution in [0.5, 0.6) is 0 Å². The van der Waals surface area contributed by atoms with Crippen LogP contribution in [-0.4, -0.2) is 13.2 Å². The fourth-order valence-corrected chi connectivity index (χ4v) is 1.56. The summed E-state index contributed by atoms with van der Waals surface area (Å²) in [6.07, 6.45) is -0.848. The molecule has 0 radical (unpaired) electrons. The van der Waals surface area contributed by atoms with Crippen LogP contribution in [0.2, 0.25) is 0 Å². The summed E-state index contributed by atoms with van der Waals surface area (Å²) in [4.78, 5) is 11.2. The minimum Gasteiger partial charge on any atom is -0.453 e. The maximum Gasteiger partial charge on any atom is 0.411 e. The minimum atomic E-state index is -1.12. The van der Waals surface area contributed by atoms with E-state index < -0.39 is 23.6 Å². The molecule has 0 saturated carbocycles. The van der Waals surface area contributed by atoms with Gasteiger partial charge in [-0.2, -0.15) is 5.26 Å². The number of ether oxygens (including phenoxy) is 1. The molecule has 1 rings (SSSR count). The lowest BCUT2D eigenvalue weighted by Gasteiger charge is -2.16. The number of hydrogen-bond donors (Lipinski definition) is 1. The van der Waals surface area contributed by atoms with Crippen LogP contribution in [0.3, 0.4) is 0 Å². The van der Waals surface area contributed by atoms with Crippen molar-refractivity contribution >= 4 is 11.8 Å². The zero-order chi connectivity index (χ0) is 13.9.